The van der Waals surface area contributed by atoms with E-state index in [2.05, 4.69) is 10.3 Å². The predicted octanol–water partition coefficient (Wildman–Crippen LogP) is -0.0429. The summed E-state index contributed by atoms with van der Waals surface area (Å²) < 4.78 is 0. The summed E-state index contributed by atoms with van der Waals surface area (Å²) in [4.78, 5) is 36.5. The smallest absolute Gasteiger partial charge is 0.292 e. The molecule has 1 heterocycles. The monoisotopic (exact) mass is 241 g/mol. The van der Waals surface area contributed by atoms with Crippen LogP contribution in [-0.2, 0) is 14.4 Å². The summed E-state index contributed by atoms with van der Waals surface area (Å²) in [6, 6.07) is -0.694. The molecule has 16 heavy (non-hydrogen) atoms. The van der Waals surface area contributed by atoms with Crippen molar-refractivity contribution in [1.82, 2.24) is 4.98 Å². The second kappa shape index (κ2) is 6.09. The zero-order valence-corrected chi connectivity index (χ0v) is 9.20. The van der Waals surface area contributed by atoms with Crippen LogP contribution < -0.4 is 11.1 Å². The van der Waals surface area contributed by atoms with Crippen molar-refractivity contribution in [2.45, 2.75) is 18.9 Å². The van der Waals surface area contributed by atoms with Crippen molar-refractivity contribution >= 4 is 34.3 Å². The third-order valence-electron chi connectivity index (χ3n) is 1.80. The number of aldehydes is 1. The Morgan fingerprint density at radius 3 is 2.94 bits per heavy atom. The molecule has 0 radical (unpaired) electrons. The Bertz CT molecular complexity index is 377. The highest BCUT2D eigenvalue weighted by molar-refractivity contribution is 7.14. The van der Waals surface area contributed by atoms with Crippen LogP contribution in [0.1, 0.15) is 12.8 Å². The molecular weight excluding hydrogens is 230 g/mol. The first-order valence-corrected chi connectivity index (χ1v) is 5.45. The molecule has 0 saturated heterocycles. The van der Waals surface area contributed by atoms with E-state index in [4.69, 9.17) is 5.73 Å². The van der Waals surface area contributed by atoms with Gasteiger partial charge in [0.25, 0.3) is 5.91 Å². The normalized spacial score (nSPS) is 11.8. The summed E-state index contributed by atoms with van der Waals surface area (Å²) in [5.74, 6) is -1.30. The average molecular weight is 241 g/mol. The second-order valence-corrected chi connectivity index (χ2v) is 3.97. The molecule has 86 valence electrons. The lowest BCUT2D eigenvalue weighted by molar-refractivity contribution is -0.134. The van der Waals surface area contributed by atoms with E-state index in [1.165, 1.54) is 17.5 Å². The van der Waals surface area contributed by atoms with Gasteiger partial charge >= 0.3 is 0 Å². The van der Waals surface area contributed by atoms with Gasteiger partial charge < -0.3 is 15.8 Å². The van der Waals surface area contributed by atoms with Crippen LogP contribution in [0.5, 0.6) is 0 Å². The van der Waals surface area contributed by atoms with Crippen molar-refractivity contribution in [2.75, 3.05) is 5.32 Å². The van der Waals surface area contributed by atoms with Crippen molar-refractivity contribution in [2.24, 2.45) is 5.73 Å². The van der Waals surface area contributed by atoms with Gasteiger partial charge in [-0.1, -0.05) is 0 Å². The standard InChI is InChI=1S/C9H11N3O3S/c10-6(4-13)1-2-7(14)9(15)12-8-3-11-5-16-8/h3-6H,1-2,10H2,(H,12,15)/t6-/m0/s1. The summed E-state index contributed by atoms with van der Waals surface area (Å²) in [5, 5.41) is 2.91. The Balaban J connectivity index is 2.37. The van der Waals surface area contributed by atoms with Crippen LogP contribution in [0.25, 0.3) is 0 Å². The molecule has 1 aromatic heterocycles. The Labute approximate surface area is 95.9 Å². The highest BCUT2D eigenvalue weighted by Gasteiger charge is 2.15. The van der Waals surface area contributed by atoms with Crippen LogP contribution in [0.2, 0.25) is 0 Å². The molecular formula is C9H11N3O3S. The lowest BCUT2D eigenvalue weighted by atomic mass is 10.1. The van der Waals surface area contributed by atoms with Gasteiger partial charge in [0, 0.05) is 6.42 Å². The maximum Gasteiger partial charge on any atom is 0.292 e. The fraction of sp³-hybridized carbons (Fsp3) is 0.333. The number of carbonyl (C=O) groups is 3. The molecule has 1 atom stereocenters. The Hall–Kier alpha value is -1.60. The Kier molecular flexibility index (Phi) is 4.74. The minimum Gasteiger partial charge on any atom is -0.322 e. The van der Waals surface area contributed by atoms with Crippen LogP contribution in [-0.4, -0.2) is 29.0 Å². The summed E-state index contributed by atoms with van der Waals surface area (Å²) in [5.41, 5.74) is 6.84. The second-order valence-electron chi connectivity index (χ2n) is 3.08. The molecule has 1 amide bonds. The van der Waals surface area contributed by atoms with Gasteiger partial charge in [-0.15, -0.1) is 11.3 Å². The lowest BCUT2D eigenvalue weighted by Gasteiger charge is -2.03. The molecule has 1 rings (SSSR count). The SMILES string of the molecule is N[C@H](C=O)CCC(=O)C(=O)Nc1cncs1. The summed E-state index contributed by atoms with van der Waals surface area (Å²) in [7, 11) is 0. The van der Waals surface area contributed by atoms with Crippen LogP contribution in [0.3, 0.4) is 0 Å². The minimum absolute atomic E-state index is 0.0372. The highest BCUT2D eigenvalue weighted by Crippen LogP contribution is 2.12. The first kappa shape index (κ1) is 12.5. The largest absolute Gasteiger partial charge is 0.322 e. The lowest BCUT2D eigenvalue weighted by Crippen LogP contribution is -2.27. The third-order valence-corrected chi connectivity index (χ3v) is 2.49. The maximum absolute atomic E-state index is 11.3. The zero-order valence-electron chi connectivity index (χ0n) is 8.38. The van der Waals surface area contributed by atoms with Gasteiger partial charge in [0.05, 0.1) is 17.7 Å². The number of rotatable bonds is 6. The fourth-order valence-electron chi connectivity index (χ4n) is 0.938. The molecule has 0 saturated carbocycles. The number of anilines is 1. The van der Waals surface area contributed by atoms with Gasteiger partial charge in [-0.3, -0.25) is 14.6 Å². The van der Waals surface area contributed by atoms with E-state index >= 15 is 0 Å². The zero-order chi connectivity index (χ0) is 12.0. The van der Waals surface area contributed by atoms with Crippen LogP contribution >= 0.6 is 11.3 Å². The molecule has 0 unspecified atom stereocenters. The number of thiazole rings is 1. The molecule has 0 aromatic carbocycles. The van der Waals surface area contributed by atoms with E-state index in [0.29, 0.717) is 11.3 Å². The van der Waals surface area contributed by atoms with Crippen LogP contribution in [0.4, 0.5) is 5.00 Å². The fourth-order valence-corrected chi connectivity index (χ4v) is 1.45. The maximum atomic E-state index is 11.3. The number of nitrogens with one attached hydrogen (secondary N) is 1. The predicted molar refractivity (Wildman–Crippen MR) is 59.0 cm³/mol. The van der Waals surface area contributed by atoms with E-state index in [-0.39, 0.29) is 12.8 Å². The number of amides is 1. The van der Waals surface area contributed by atoms with Crippen molar-refractivity contribution in [3.63, 3.8) is 0 Å². The van der Waals surface area contributed by atoms with Gasteiger partial charge in [-0.2, -0.15) is 0 Å². The van der Waals surface area contributed by atoms with Crippen molar-refractivity contribution in [1.29, 1.82) is 0 Å². The number of nitrogens with two attached hydrogens (primary N) is 1. The molecule has 1 aromatic rings. The molecule has 0 aliphatic rings. The molecule has 0 aliphatic heterocycles. The molecule has 0 fully saturated rings. The first-order chi connectivity index (χ1) is 7.63. The number of nitrogens with zero attached hydrogens (tertiary/aromatic N) is 1. The first-order valence-electron chi connectivity index (χ1n) is 4.57. The topological polar surface area (TPSA) is 102 Å². The van der Waals surface area contributed by atoms with Gasteiger partial charge in [0.2, 0.25) is 5.78 Å². The minimum atomic E-state index is -0.706. The van der Waals surface area contributed by atoms with Gasteiger partial charge in [0.15, 0.2) is 0 Å². The van der Waals surface area contributed by atoms with Crippen molar-refractivity contribution < 1.29 is 14.4 Å². The van der Waals surface area contributed by atoms with Crippen LogP contribution in [0.15, 0.2) is 11.7 Å². The van der Waals surface area contributed by atoms with E-state index < -0.39 is 17.7 Å². The molecule has 3 N–H and O–H groups in total. The van der Waals surface area contributed by atoms with Crippen molar-refractivity contribution in [3.05, 3.63) is 11.7 Å². The highest BCUT2D eigenvalue weighted by atomic mass is 32.1. The molecule has 7 heteroatoms. The summed E-state index contributed by atoms with van der Waals surface area (Å²) in [6.07, 6.45) is 2.14. The third kappa shape index (κ3) is 3.87. The van der Waals surface area contributed by atoms with E-state index in [1.54, 1.807) is 5.51 Å². The molecule has 0 spiro atoms. The Morgan fingerprint density at radius 1 is 1.62 bits per heavy atom. The van der Waals surface area contributed by atoms with Gasteiger partial charge in [0.1, 0.15) is 11.3 Å². The molecule has 6 nitrogen and oxygen atoms in total. The summed E-state index contributed by atoms with van der Waals surface area (Å²) in [6.45, 7) is 0. The number of hydrogen-bond acceptors (Lipinski definition) is 6. The van der Waals surface area contributed by atoms with Gasteiger partial charge in [-0.25, -0.2) is 0 Å². The van der Waals surface area contributed by atoms with Crippen LogP contribution in [0, 0.1) is 0 Å². The molecule has 0 aliphatic carbocycles. The molecule has 0 bridgehead atoms. The number of carbonyl (C=O) groups excluding carboxylic acids is 3. The number of ketones is 1. The van der Waals surface area contributed by atoms with Gasteiger partial charge in [-0.05, 0) is 6.42 Å². The number of Topliss-reactive ketones (excluding diaryl/α,β-unsaturated/α-hetero) is 1. The van der Waals surface area contributed by atoms with E-state index in [0.717, 1.165) is 0 Å². The van der Waals surface area contributed by atoms with E-state index in [1.807, 2.05) is 0 Å². The number of hydrogen-bond donors (Lipinski definition) is 2. The number of aromatic nitrogens is 1. The average Bonchev–Trinajstić information content (AvgIpc) is 2.77. The Morgan fingerprint density at radius 2 is 2.38 bits per heavy atom. The quantitative estimate of drug-likeness (QED) is 0.537. The summed E-state index contributed by atoms with van der Waals surface area (Å²) >= 11 is 1.22. The van der Waals surface area contributed by atoms with E-state index in [9.17, 15) is 14.4 Å². The van der Waals surface area contributed by atoms with Crippen molar-refractivity contribution in [3.8, 4) is 0 Å².